The summed E-state index contributed by atoms with van der Waals surface area (Å²) >= 11 is 0. The van der Waals surface area contributed by atoms with Gasteiger partial charge in [0.2, 0.25) is 0 Å². The molecule has 1 amide bonds. The summed E-state index contributed by atoms with van der Waals surface area (Å²) in [5, 5.41) is 31.3. The molecular weight excluding hydrogens is 624 g/mol. The highest BCUT2D eigenvalue weighted by molar-refractivity contribution is 5.87. The number of hydrogen-bond acceptors (Lipinski definition) is 4. The van der Waals surface area contributed by atoms with Crippen LogP contribution in [-0.4, -0.2) is 50.0 Å². The molecule has 4 fully saturated rings. The summed E-state index contributed by atoms with van der Waals surface area (Å²) in [7, 11) is 0. The zero-order chi connectivity index (χ0) is 34.7. The van der Waals surface area contributed by atoms with Gasteiger partial charge in [-0.05, 0) is 110 Å². The van der Waals surface area contributed by atoms with E-state index < -0.39 is 59.8 Å². The molecule has 0 bridgehead atoms. The van der Waals surface area contributed by atoms with Crippen molar-refractivity contribution in [3.05, 3.63) is 70.3 Å². The van der Waals surface area contributed by atoms with Gasteiger partial charge in [0, 0.05) is 25.4 Å². The number of likely N-dealkylation sites (tertiary alicyclic amines) is 1. The summed E-state index contributed by atoms with van der Waals surface area (Å²) in [6.07, 6.45) is -1.25. The fraction of sp³-hybridized carbons (Fsp3) is 0.639. The van der Waals surface area contributed by atoms with E-state index in [4.69, 9.17) is 0 Å². The second-order valence-electron chi connectivity index (χ2n) is 14.9. The zero-order valence-electron chi connectivity index (χ0n) is 27.1. The first-order valence-electron chi connectivity index (χ1n) is 16.5. The minimum absolute atomic E-state index is 0.0361. The molecule has 1 aliphatic heterocycles. The third-order valence-corrected chi connectivity index (χ3v) is 11.4. The number of aliphatic hydroxyl groups is 3. The van der Waals surface area contributed by atoms with Gasteiger partial charge in [0.05, 0.1) is 23.3 Å². The van der Waals surface area contributed by atoms with Gasteiger partial charge in [-0.25, -0.2) is 0 Å². The lowest BCUT2D eigenvalue weighted by atomic mass is 9.60. The Bertz CT molecular complexity index is 1410. The summed E-state index contributed by atoms with van der Waals surface area (Å²) in [6, 6.07) is 0.809. The van der Waals surface area contributed by atoms with Crippen LogP contribution in [0.15, 0.2) is 53.6 Å². The average Bonchev–Trinajstić information content (AvgIpc) is 3.42. The number of benzene rings is 1. The van der Waals surface area contributed by atoms with Crippen molar-refractivity contribution in [1.29, 1.82) is 0 Å². The van der Waals surface area contributed by atoms with Gasteiger partial charge >= 0.3 is 12.4 Å². The Morgan fingerprint density at radius 2 is 1.68 bits per heavy atom. The third kappa shape index (κ3) is 7.22. The summed E-state index contributed by atoms with van der Waals surface area (Å²) < 4.78 is 81.3. The molecule has 0 radical (unpaired) electrons. The summed E-state index contributed by atoms with van der Waals surface area (Å²) in [6.45, 7) is 9.26. The summed E-state index contributed by atoms with van der Waals surface area (Å²) in [5.74, 6) is -0.0770. The first kappa shape index (κ1) is 35.7. The highest BCUT2D eigenvalue weighted by Gasteiger charge is 2.53. The molecule has 3 N–H and O–H groups in total. The maximum atomic E-state index is 13.5. The zero-order valence-corrected chi connectivity index (χ0v) is 27.1. The van der Waals surface area contributed by atoms with Gasteiger partial charge < -0.3 is 20.2 Å². The van der Waals surface area contributed by atoms with E-state index in [2.05, 4.69) is 26.5 Å². The number of nitrogens with zero attached hydrogens (tertiary/aromatic N) is 1. The molecule has 1 aromatic rings. The fourth-order valence-electron chi connectivity index (χ4n) is 9.12. The van der Waals surface area contributed by atoms with Gasteiger partial charge in [-0.1, -0.05) is 38.2 Å². The smallest absolute Gasteiger partial charge is 0.393 e. The van der Waals surface area contributed by atoms with E-state index in [9.17, 15) is 46.5 Å². The number of aliphatic hydroxyl groups excluding tert-OH is 2. The Morgan fingerprint density at radius 1 is 1.04 bits per heavy atom. The van der Waals surface area contributed by atoms with Crippen LogP contribution in [0.3, 0.4) is 0 Å². The molecule has 0 aromatic heterocycles. The monoisotopic (exact) mass is 669 g/mol. The van der Waals surface area contributed by atoms with Gasteiger partial charge in [0.1, 0.15) is 5.60 Å². The van der Waals surface area contributed by atoms with Gasteiger partial charge in [-0.2, -0.15) is 26.3 Å². The van der Waals surface area contributed by atoms with Crippen LogP contribution in [0.4, 0.5) is 26.3 Å². The Morgan fingerprint density at radius 3 is 2.30 bits per heavy atom. The third-order valence-electron chi connectivity index (χ3n) is 11.4. The lowest BCUT2D eigenvalue weighted by Crippen LogP contribution is -2.40. The van der Waals surface area contributed by atoms with Crippen molar-refractivity contribution < 1.29 is 46.5 Å². The molecule has 260 valence electrons. The molecule has 11 heteroatoms. The van der Waals surface area contributed by atoms with Crippen molar-refractivity contribution >= 4 is 5.91 Å². The van der Waals surface area contributed by atoms with Crippen molar-refractivity contribution in [3.8, 4) is 0 Å². The van der Waals surface area contributed by atoms with Crippen molar-refractivity contribution in [1.82, 2.24) is 4.90 Å². The molecular formula is C36H45F6NO4. The van der Waals surface area contributed by atoms with E-state index in [0.29, 0.717) is 36.5 Å². The van der Waals surface area contributed by atoms with Crippen LogP contribution in [0.1, 0.15) is 95.2 Å². The second kappa shape index (κ2) is 12.7. The standard InChI is InChI=1S/C36H45F6NO4/c1-20(29-9-10-30-23(6-5-11-33(29,30)3)7-8-24-15-28(44)17-31(45)21(24)2)12-27-18-34(4,47)32(46)43(27)19-22-13-25(35(37,38)39)16-26(14-22)36(40,41)42/h7-8,13-14,16,20,27-31,44-45,47H,2,5-6,9-12,15,17-19H2,1,3-4H3/b23-7+,24-8-/t20-,27+,28-,29-,30+,31+,33-,34+/m1/s1. The predicted octanol–water partition coefficient (Wildman–Crippen LogP) is 7.74. The van der Waals surface area contributed by atoms with Gasteiger partial charge in [-0.15, -0.1) is 0 Å². The number of hydrogen-bond donors (Lipinski definition) is 3. The van der Waals surface area contributed by atoms with Crippen molar-refractivity contribution in [2.45, 2.75) is 121 Å². The molecule has 1 aromatic carbocycles. The van der Waals surface area contributed by atoms with Crippen molar-refractivity contribution in [2.24, 2.45) is 23.2 Å². The van der Waals surface area contributed by atoms with E-state index in [-0.39, 0.29) is 41.7 Å². The number of carbonyl (C=O) groups is 1. The van der Waals surface area contributed by atoms with E-state index in [1.165, 1.54) is 17.4 Å². The first-order valence-corrected chi connectivity index (χ1v) is 16.5. The Hall–Kier alpha value is -2.63. The summed E-state index contributed by atoms with van der Waals surface area (Å²) in [5.41, 5.74) is -2.20. The van der Waals surface area contributed by atoms with Gasteiger partial charge in [0.15, 0.2) is 0 Å². The number of carbonyl (C=O) groups excluding carboxylic acids is 1. The number of alkyl halides is 6. The van der Waals surface area contributed by atoms with Crippen LogP contribution in [0.2, 0.25) is 0 Å². The number of amides is 1. The van der Waals surface area contributed by atoms with Gasteiger partial charge in [0.25, 0.3) is 5.91 Å². The minimum Gasteiger partial charge on any atom is -0.393 e. The highest BCUT2D eigenvalue weighted by atomic mass is 19.4. The molecule has 5 rings (SSSR count). The highest BCUT2D eigenvalue weighted by Crippen LogP contribution is 2.60. The normalized spacial score (nSPS) is 36.0. The number of halogens is 6. The van der Waals surface area contributed by atoms with Gasteiger partial charge in [-0.3, -0.25) is 4.79 Å². The SMILES string of the molecule is C=C1/C(=C\C=C2/CCC[C@]3(C)[C@@H]([C@H](C)C[C@H]4C[C@](C)(O)C(=O)N4Cc4cc(C(F)(F)F)cc(C(F)(F)F)c4)CC[C@@H]23)C[C@@H](O)C[C@@H]1O. The van der Waals surface area contributed by atoms with E-state index >= 15 is 0 Å². The molecule has 47 heavy (non-hydrogen) atoms. The lowest BCUT2D eigenvalue weighted by molar-refractivity contribution is -0.143. The fourth-order valence-corrected chi connectivity index (χ4v) is 9.12. The van der Waals surface area contributed by atoms with Crippen LogP contribution in [0.5, 0.6) is 0 Å². The number of fused-ring (bicyclic) bond motifs is 1. The van der Waals surface area contributed by atoms with Crippen molar-refractivity contribution in [3.63, 3.8) is 0 Å². The van der Waals surface area contributed by atoms with E-state index in [1.807, 2.05) is 6.08 Å². The lowest BCUT2D eigenvalue weighted by Gasteiger charge is -2.45. The topological polar surface area (TPSA) is 81.0 Å². The van der Waals surface area contributed by atoms with Crippen LogP contribution < -0.4 is 0 Å². The number of rotatable bonds is 6. The molecule has 3 saturated carbocycles. The second-order valence-corrected chi connectivity index (χ2v) is 14.9. The first-order chi connectivity index (χ1) is 21.7. The summed E-state index contributed by atoms with van der Waals surface area (Å²) in [4.78, 5) is 14.6. The quantitative estimate of drug-likeness (QED) is 0.271. The van der Waals surface area contributed by atoms with Crippen LogP contribution in [-0.2, 0) is 23.7 Å². The molecule has 0 spiro atoms. The maximum absolute atomic E-state index is 13.5. The maximum Gasteiger partial charge on any atom is 0.416 e. The molecule has 4 aliphatic rings. The van der Waals surface area contributed by atoms with Crippen LogP contribution >= 0.6 is 0 Å². The van der Waals surface area contributed by atoms with E-state index in [1.54, 1.807) is 0 Å². The molecule has 0 unspecified atom stereocenters. The molecule has 3 aliphatic carbocycles. The largest absolute Gasteiger partial charge is 0.416 e. The van der Waals surface area contributed by atoms with E-state index in [0.717, 1.165) is 37.7 Å². The number of allylic oxidation sites excluding steroid dienone is 3. The molecule has 1 heterocycles. The molecule has 1 saturated heterocycles. The minimum atomic E-state index is -5.00. The molecule has 8 atom stereocenters. The van der Waals surface area contributed by atoms with Crippen LogP contribution in [0.25, 0.3) is 0 Å². The Labute approximate surface area is 272 Å². The van der Waals surface area contributed by atoms with Crippen molar-refractivity contribution in [2.75, 3.05) is 0 Å². The average molecular weight is 670 g/mol. The predicted molar refractivity (Wildman–Crippen MR) is 165 cm³/mol. The Balaban J connectivity index is 1.36. The van der Waals surface area contributed by atoms with Crippen LogP contribution in [0, 0.1) is 23.2 Å². The Kier molecular flexibility index (Phi) is 9.62. The molecule has 5 nitrogen and oxygen atoms in total.